The summed E-state index contributed by atoms with van der Waals surface area (Å²) >= 11 is 0. The van der Waals surface area contributed by atoms with Gasteiger partial charge in [0.05, 0.1) is 11.1 Å². The number of aliphatic carboxylic acids is 1. The SMILES string of the molecule is CCNCC1=CS(=O)(=O)C(C(=O)O)=N1. The van der Waals surface area contributed by atoms with Gasteiger partial charge in [0.2, 0.25) is 14.9 Å². The van der Waals surface area contributed by atoms with Crippen molar-refractivity contribution >= 4 is 20.9 Å². The van der Waals surface area contributed by atoms with Crippen molar-refractivity contribution in [3.8, 4) is 0 Å². The predicted molar refractivity (Wildman–Crippen MR) is 50.6 cm³/mol. The number of hydrogen-bond donors (Lipinski definition) is 2. The minimum absolute atomic E-state index is 0.226. The van der Waals surface area contributed by atoms with Gasteiger partial charge in [-0.1, -0.05) is 6.92 Å². The van der Waals surface area contributed by atoms with E-state index in [4.69, 9.17) is 5.11 Å². The molecule has 0 saturated heterocycles. The molecule has 78 valence electrons. The van der Waals surface area contributed by atoms with Crippen molar-refractivity contribution in [2.24, 2.45) is 4.99 Å². The van der Waals surface area contributed by atoms with E-state index in [-0.39, 0.29) is 12.2 Å². The zero-order valence-corrected chi connectivity index (χ0v) is 8.34. The highest BCUT2D eigenvalue weighted by Crippen LogP contribution is 2.13. The Balaban J connectivity index is 2.90. The van der Waals surface area contributed by atoms with Crippen molar-refractivity contribution in [3.63, 3.8) is 0 Å². The highest BCUT2D eigenvalue weighted by Gasteiger charge is 2.30. The summed E-state index contributed by atoms with van der Waals surface area (Å²) in [6.07, 6.45) is 0. The summed E-state index contributed by atoms with van der Waals surface area (Å²) in [5, 5.41) is 11.5. The molecule has 0 bridgehead atoms. The monoisotopic (exact) mass is 218 g/mol. The fourth-order valence-electron chi connectivity index (χ4n) is 0.959. The first-order valence-corrected chi connectivity index (χ1v) is 5.50. The van der Waals surface area contributed by atoms with Gasteiger partial charge in [-0.15, -0.1) is 0 Å². The number of nitrogens with one attached hydrogen (secondary N) is 1. The summed E-state index contributed by atoms with van der Waals surface area (Å²) in [5.41, 5.74) is 0.226. The summed E-state index contributed by atoms with van der Waals surface area (Å²) in [5.74, 6) is -1.52. The van der Waals surface area contributed by atoms with Crippen LogP contribution in [0.25, 0.3) is 0 Å². The van der Waals surface area contributed by atoms with Gasteiger partial charge in [0.1, 0.15) is 0 Å². The van der Waals surface area contributed by atoms with Crippen LogP contribution in [0.3, 0.4) is 0 Å². The molecule has 1 aliphatic heterocycles. The van der Waals surface area contributed by atoms with Gasteiger partial charge in [0, 0.05) is 6.54 Å². The number of nitrogens with zero attached hydrogens (tertiary/aromatic N) is 1. The number of rotatable bonds is 4. The lowest BCUT2D eigenvalue weighted by atomic mass is 10.5. The van der Waals surface area contributed by atoms with Gasteiger partial charge >= 0.3 is 5.97 Å². The van der Waals surface area contributed by atoms with E-state index in [0.717, 1.165) is 5.41 Å². The summed E-state index contributed by atoms with van der Waals surface area (Å²) in [6.45, 7) is 2.77. The van der Waals surface area contributed by atoms with Crippen LogP contribution < -0.4 is 5.32 Å². The molecule has 1 heterocycles. The van der Waals surface area contributed by atoms with Gasteiger partial charge in [0.15, 0.2) is 0 Å². The molecule has 0 spiro atoms. The Kier molecular flexibility index (Phi) is 3.02. The smallest absolute Gasteiger partial charge is 0.366 e. The zero-order chi connectivity index (χ0) is 10.8. The van der Waals surface area contributed by atoms with E-state index in [1.165, 1.54) is 0 Å². The molecule has 6 nitrogen and oxygen atoms in total. The van der Waals surface area contributed by atoms with Crippen LogP contribution in [-0.2, 0) is 14.6 Å². The first-order valence-electron chi connectivity index (χ1n) is 3.95. The van der Waals surface area contributed by atoms with Gasteiger partial charge in [-0.2, -0.15) is 0 Å². The van der Waals surface area contributed by atoms with E-state index in [2.05, 4.69) is 10.3 Å². The lowest BCUT2D eigenvalue weighted by molar-refractivity contribution is -0.129. The van der Waals surface area contributed by atoms with Crippen molar-refractivity contribution in [2.45, 2.75) is 6.92 Å². The Bertz CT molecular complexity index is 407. The molecule has 0 saturated carbocycles. The zero-order valence-electron chi connectivity index (χ0n) is 7.52. The maximum Gasteiger partial charge on any atom is 0.366 e. The van der Waals surface area contributed by atoms with Crippen molar-refractivity contribution in [1.29, 1.82) is 0 Å². The fraction of sp³-hybridized carbons (Fsp3) is 0.429. The molecule has 1 aliphatic rings. The molecule has 0 aliphatic carbocycles. The lowest BCUT2D eigenvalue weighted by Crippen LogP contribution is -2.19. The second kappa shape index (κ2) is 3.89. The average Bonchev–Trinajstić information content (AvgIpc) is 2.37. The molecule has 14 heavy (non-hydrogen) atoms. The Morgan fingerprint density at radius 3 is 2.71 bits per heavy atom. The van der Waals surface area contributed by atoms with Crippen LogP contribution >= 0.6 is 0 Å². The Morgan fingerprint density at radius 1 is 1.64 bits per heavy atom. The standard InChI is InChI=1S/C7H10N2O4S/c1-2-8-3-5-4-14(12,13)6(9-5)7(10)11/h4,8H,2-3H2,1H3,(H,10,11). The molecule has 0 aromatic rings. The Hall–Kier alpha value is -1.21. The summed E-state index contributed by atoms with van der Waals surface area (Å²) in [7, 11) is -3.82. The number of carboxylic acids is 1. The minimum atomic E-state index is -3.82. The quantitative estimate of drug-likeness (QED) is 0.653. The third kappa shape index (κ3) is 2.18. The molecule has 2 N–H and O–H groups in total. The molecule has 0 aromatic carbocycles. The number of aliphatic imine (C=N–C) groups is 1. The highest BCUT2D eigenvalue weighted by molar-refractivity contribution is 8.11. The highest BCUT2D eigenvalue weighted by atomic mass is 32.2. The van der Waals surface area contributed by atoms with Crippen LogP contribution in [0.2, 0.25) is 0 Å². The lowest BCUT2D eigenvalue weighted by Gasteiger charge is -1.96. The van der Waals surface area contributed by atoms with Gasteiger partial charge < -0.3 is 10.4 Å². The molecule has 0 unspecified atom stereocenters. The molecular formula is C7H10N2O4S. The largest absolute Gasteiger partial charge is 0.476 e. The van der Waals surface area contributed by atoms with E-state index in [1.807, 2.05) is 6.92 Å². The summed E-state index contributed by atoms with van der Waals surface area (Å²) in [4.78, 5) is 14.0. The Labute approximate surface area is 81.3 Å². The second-order valence-electron chi connectivity index (χ2n) is 2.66. The van der Waals surface area contributed by atoms with E-state index in [1.54, 1.807) is 0 Å². The molecule has 0 radical (unpaired) electrons. The summed E-state index contributed by atoms with van der Waals surface area (Å²) < 4.78 is 22.3. The van der Waals surface area contributed by atoms with E-state index < -0.39 is 20.9 Å². The topological polar surface area (TPSA) is 95.8 Å². The number of likely N-dealkylation sites (N-methyl/N-ethyl adjacent to an activating group) is 1. The molecule has 1 rings (SSSR count). The molecule has 0 aromatic heterocycles. The molecule has 0 amide bonds. The van der Waals surface area contributed by atoms with Gasteiger partial charge in [-0.3, -0.25) is 0 Å². The number of carbonyl (C=O) groups is 1. The van der Waals surface area contributed by atoms with E-state index in [0.29, 0.717) is 6.54 Å². The van der Waals surface area contributed by atoms with Crippen molar-refractivity contribution < 1.29 is 18.3 Å². The first kappa shape index (κ1) is 10.9. The molecular weight excluding hydrogens is 208 g/mol. The number of hydrogen-bond acceptors (Lipinski definition) is 5. The van der Waals surface area contributed by atoms with Crippen molar-refractivity contribution in [1.82, 2.24) is 5.32 Å². The molecule has 0 fully saturated rings. The number of sulfone groups is 1. The van der Waals surface area contributed by atoms with Crippen molar-refractivity contribution in [3.05, 3.63) is 11.1 Å². The van der Waals surface area contributed by atoms with Gasteiger partial charge in [0.25, 0.3) is 0 Å². The van der Waals surface area contributed by atoms with Crippen LogP contribution in [0.15, 0.2) is 16.1 Å². The van der Waals surface area contributed by atoms with Gasteiger partial charge in [-0.25, -0.2) is 18.2 Å². The van der Waals surface area contributed by atoms with Crippen LogP contribution in [0, 0.1) is 0 Å². The third-order valence-corrected chi connectivity index (χ3v) is 2.93. The molecule has 7 heteroatoms. The summed E-state index contributed by atoms with van der Waals surface area (Å²) in [6, 6.07) is 0. The van der Waals surface area contributed by atoms with Crippen LogP contribution in [0.4, 0.5) is 0 Å². The second-order valence-corrected chi connectivity index (χ2v) is 4.37. The first-order chi connectivity index (χ1) is 6.47. The predicted octanol–water partition coefficient (Wildman–Crippen LogP) is -0.651. The fourth-order valence-corrected chi connectivity index (χ4v) is 2.05. The number of carboxylic acid groups (broad SMARTS) is 1. The van der Waals surface area contributed by atoms with E-state index >= 15 is 0 Å². The van der Waals surface area contributed by atoms with Crippen LogP contribution in [-0.4, -0.2) is 37.6 Å². The Morgan fingerprint density at radius 2 is 2.29 bits per heavy atom. The molecule has 0 atom stereocenters. The van der Waals surface area contributed by atoms with Gasteiger partial charge in [-0.05, 0) is 6.54 Å². The average molecular weight is 218 g/mol. The third-order valence-electron chi connectivity index (χ3n) is 1.54. The van der Waals surface area contributed by atoms with Crippen LogP contribution in [0.5, 0.6) is 0 Å². The maximum atomic E-state index is 11.2. The van der Waals surface area contributed by atoms with Crippen molar-refractivity contribution in [2.75, 3.05) is 13.1 Å². The normalized spacial score (nSPS) is 18.9. The maximum absolute atomic E-state index is 11.2. The van der Waals surface area contributed by atoms with E-state index in [9.17, 15) is 13.2 Å². The van der Waals surface area contributed by atoms with Crippen LogP contribution in [0.1, 0.15) is 6.92 Å². The minimum Gasteiger partial charge on any atom is -0.476 e.